The van der Waals surface area contributed by atoms with Gasteiger partial charge in [0.1, 0.15) is 11.9 Å². The number of anilines is 1. The molecule has 0 radical (unpaired) electrons. The topological polar surface area (TPSA) is 126 Å². The predicted octanol–water partition coefficient (Wildman–Crippen LogP) is 2.41. The van der Waals surface area contributed by atoms with Gasteiger partial charge in [-0.1, -0.05) is 0 Å². The standard InChI is InChI=1S/C20H24F3N5O2.CH2O2/c21-14-11-16(23)15(22)9-12(14)8-13(24)10-18(29)28-7-3-4-17(28)19-25-20(26-30-19)27-5-1-2-6-27;2-1-3/h9,11,13,17H,1-8,10,24H2;1H,(H,2,3). The summed E-state index contributed by atoms with van der Waals surface area (Å²) in [6.07, 6.45) is 3.56. The van der Waals surface area contributed by atoms with E-state index >= 15 is 0 Å². The van der Waals surface area contributed by atoms with E-state index in [0.717, 1.165) is 38.4 Å². The molecule has 12 heteroatoms. The molecular formula is C21H26F3N5O4. The van der Waals surface area contributed by atoms with Crippen LogP contribution in [-0.2, 0) is 16.0 Å². The van der Waals surface area contributed by atoms with Crippen LogP contribution in [0.4, 0.5) is 19.1 Å². The minimum absolute atomic E-state index is 0.0535. The van der Waals surface area contributed by atoms with Crippen molar-refractivity contribution in [1.82, 2.24) is 15.0 Å². The van der Waals surface area contributed by atoms with Crippen LogP contribution in [0.1, 0.15) is 49.6 Å². The van der Waals surface area contributed by atoms with Crippen molar-refractivity contribution in [3.05, 3.63) is 41.0 Å². The summed E-state index contributed by atoms with van der Waals surface area (Å²) in [4.78, 5) is 29.4. The number of carbonyl (C=O) groups excluding carboxylic acids is 1. The lowest BCUT2D eigenvalue weighted by Crippen LogP contribution is -2.36. The van der Waals surface area contributed by atoms with E-state index in [4.69, 9.17) is 20.2 Å². The van der Waals surface area contributed by atoms with Crippen molar-refractivity contribution in [1.29, 1.82) is 0 Å². The predicted molar refractivity (Wildman–Crippen MR) is 111 cm³/mol. The van der Waals surface area contributed by atoms with Gasteiger partial charge < -0.3 is 25.2 Å². The van der Waals surface area contributed by atoms with Gasteiger partial charge in [0.25, 0.3) is 18.3 Å². The highest BCUT2D eigenvalue weighted by Crippen LogP contribution is 2.33. The molecule has 33 heavy (non-hydrogen) atoms. The number of likely N-dealkylation sites (tertiary alicyclic amines) is 1. The Morgan fingerprint density at radius 3 is 2.55 bits per heavy atom. The Labute approximate surface area is 188 Å². The van der Waals surface area contributed by atoms with E-state index in [2.05, 4.69) is 15.0 Å². The molecule has 2 aliphatic heterocycles. The Morgan fingerprint density at radius 2 is 1.85 bits per heavy atom. The van der Waals surface area contributed by atoms with Crippen molar-refractivity contribution in [2.45, 2.75) is 50.6 Å². The number of nitrogens with zero attached hydrogens (tertiary/aromatic N) is 4. The summed E-state index contributed by atoms with van der Waals surface area (Å²) in [5.74, 6) is -2.54. The largest absolute Gasteiger partial charge is 0.483 e. The second-order valence-corrected chi connectivity index (χ2v) is 8.00. The van der Waals surface area contributed by atoms with Crippen molar-refractivity contribution in [3.8, 4) is 0 Å². The van der Waals surface area contributed by atoms with Gasteiger partial charge in [-0.05, 0) is 48.9 Å². The summed E-state index contributed by atoms with van der Waals surface area (Å²) in [6.45, 7) is 2.07. The maximum absolute atomic E-state index is 13.9. The lowest BCUT2D eigenvalue weighted by Gasteiger charge is -2.23. The van der Waals surface area contributed by atoms with E-state index in [1.54, 1.807) is 4.90 Å². The number of hydrogen-bond acceptors (Lipinski definition) is 7. The summed E-state index contributed by atoms with van der Waals surface area (Å²) < 4.78 is 45.8. The second kappa shape index (κ2) is 11.1. The van der Waals surface area contributed by atoms with Gasteiger partial charge in [0.05, 0.1) is 0 Å². The molecule has 1 aromatic carbocycles. The third-order valence-electron chi connectivity index (χ3n) is 5.69. The van der Waals surface area contributed by atoms with Crippen LogP contribution in [0.3, 0.4) is 0 Å². The smallest absolute Gasteiger partial charge is 0.290 e. The highest BCUT2D eigenvalue weighted by atomic mass is 19.2. The fraction of sp³-hybridized carbons (Fsp3) is 0.524. The fourth-order valence-electron chi connectivity index (χ4n) is 4.15. The van der Waals surface area contributed by atoms with Crippen molar-refractivity contribution in [3.63, 3.8) is 0 Å². The average Bonchev–Trinajstić information content (AvgIpc) is 3.53. The first-order valence-electron chi connectivity index (χ1n) is 10.7. The molecule has 2 saturated heterocycles. The molecular weight excluding hydrogens is 443 g/mol. The number of rotatable bonds is 6. The van der Waals surface area contributed by atoms with Gasteiger partial charge in [0.15, 0.2) is 11.6 Å². The molecule has 0 saturated carbocycles. The lowest BCUT2D eigenvalue weighted by atomic mass is 10.0. The third kappa shape index (κ3) is 6.01. The number of carbonyl (C=O) groups is 2. The van der Waals surface area contributed by atoms with Crippen molar-refractivity contribution in [2.75, 3.05) is 24.5 Å². The summed E-state index contributed by atoms with van der Waals surface area (Å²) in [5, 5.41) is 10.9. The fourth-order valence-corrected chi connectivity index (χ4v) is 4.15. The lowest BCUT2D eigenvalue weighted by molar-refractivity contribution is -0.133. The third-order valence-corrected chi connectivity index (χ3v) is 5.69. The van der Waals surface area contributed by atoms with Crippen LogP contribution in [-0.4, -0.2) is 58.2 Å². The molecule has 0 spiro atoms. The molecule has 3 N–H and O–H groups in total. The highest BCUT2D eigenvalue weighted by molar-refractivity contribution is 5.77. The Hall–Kier alpha value is -3.15. The Kier molecular flexibility index (Phi) is 8.26. The normalized spacial score (nSPS) is 18.7. The van der Waals surface area contributed by atoms with Crippen LogP contribution in [0.2, 0.25) is 0 Å². The minimum atomic E-state index is -1.26. The molecule has 2 aliphatic rings. The van der Waals surface area contributed by atoms with Gasteiger partial charge in [-0.2, -0.15) is 4.98 Å². The van der Waals surface area contributed by atoms with Crippen molar-refractivity contribution < 1.29 is 32.4 Å². The summed E-state index contributed by atoms with van der Waals surface area (Å²) >= 11 is 0. The number of halogens is 3. The first kappa shape index (κ1) is 24.5. The molecule has 4 rings (SSSR count). The van der Waals surface area contributed by atoms with Gasteiger partial charge >= 0.3 is 0 Å². The SMILES string of the molecule is NC(CC(=O)N1CCCC1c1nc(N2CCCC2)no1)Cc1cc(F)c(F)cc1F.O=CO. The molecule has 2 fully saturated rings. The summed E-state index contributed by atoms with van der Waals surface area (Å²) in [5.41, 5.74) is 5.96. The van der Waals surface area contributed by atoms with Crippen LogP contribution in [0.15, 0.2) is 16.7 Å². The zero-order chi connectivity index (χ0) is 24.0. The van der Waals surface area contributed by atoms with E-state index in [0.29, 0.717) is 30.9 Å². The number of nitrogens with two attached hydrogens (primary N) is 1. The van der Waals surface area contributed by atoms with Gasteiger partial charge in [-0.25, -0.2) is 13.2 Å². The minimum Gasteiger partial charge on any atom is -0.483 e. The molecule has 0 bridgehead atoms. The summed E-state index contributed by atoms with van der Waals surface area (Å²) in [6, 6.07) is 0.226. The van der Waals surface area contributed by atoms with Crippen LogP contribution in [0.5, 0.6) is 0 Å². The van der Waals surface area contributed by atoms with E-state index in [9.17, 15) is 18.0 Å². The number of carboxylic acid groups (broad SMARTS) is 1. The molecule has 1 amide bonds. The first-order valence-corrected chi connectivity index (χ1v) is 10.7. The number of hydrogen-bond donors (Lipinski definition) is 2. The molecule has 180 valence electrons. The zero-order valence-electron chi connectivity index (χ0n) is 17.9. The van der Waals surface area contributed by atoms with Crippen LogP contribution in [0, 0.1) is 17.5 Å². The molecule has 2 unspecified atom stereocenters. The number of amides is 1. The highest BCUT2D eigenvalue weighted by Gasteiger charge is 2.35. The average molecular weight is 469 g/mol. The van der Waals surface area contributed by atoms with Crippen LogP contribution in [0.25, 0.3) is 0 Å². The van der Waals surface area contributed by atoms with E-state index in [-0.39, 0.29) is 36.8 Å². The Morgan fingerprint density at radius 1 is 1.18 bits per heavy atom. The molecule has 2 aromatic rings. The van der Waals surface area contributed by atoms with Crippen LogP contribution >= 0.6 is 0 Å². The van der Waals surface area contributed by atoms with E-state index < -0.39 is 23.5 Å². The van der Waals surface area contributed by atoms with E-state index in [1.807, 2.05) is 0 Å². The van der Waals surface area contributed by atoms with Gasteiger partial charge in [-0.15, -0.1) is 0 Å². The summed E-state index contributed by atoms with van der Waals surface area (Å²) in [7, 11) is 0. The molecule has 1 aromatic heterocycles. The maximum atomic E-state index is 13.9. The number of benzene rings is 1. The molecule has 3 heterocycles. The first-order chi connectivity index (χ1) is 15.8. The van der Waals surface area contributed by atoms with Crippen LogP contribution < -0.4 is 10.6 Å². The number of aromatic nitrogens is 2. The second-order valence-electron chi connectivity index (χ2n) is 8.00. The molecule has 0 aliphatic carbocycles. The van der Waals surface area contributed by atoms with Crippen molar-refractivity contribution >= 4 is 18.3 Å². The maximum Gasteiger partial charge on any atom is 0.290 e. The van der Waals surface area contributed by atoms with Gasteiger partial charge in [0, 0.05) is 38.2 Å². The molecule has 9 nitrogen and oxygen atoms in total. The zero-order valence-corrected chi connectivity index (χ0v) is 17.9. The molecule has 2 atom stereocenters. The van der Waals surface area contributed by atoms with Crippen molar-refractivity contribution in [2.24, 2.45) is 5.73 Å². The van der Waals surface area contributed by atoms with Gasteiger partial charge in [0.2, 0.25) is 5.91 Å². The Bertz CT molecular complexity index is 967. The Balaban J connectivity index is 0.000000968. The van der Waals surface area contributed by atoms with E-state index in [1.165, 1.54) is 0 Å². The van der Waals surface area contributed by atoms with Gasteiger partial charge in [-0.3, -0.25) is 9.59 Å². The quantitative estimate of drug-likeness (QED) is 0.488. The monoisotopic (exact) mass is 469 g/mol.